The van der Waals surface area contributed by atoms with Crippen LogP contribution in [0.2, 0.25) is 0 Å². The van der Waals surface area contributed by atoms with Crippen molar-refractivity contribution in [2.75, 3.05) is 7.11 Å². The second kappa shape index (κ2) is 7.26. The minimum Gasteiger partial charge on any atom is -0.497 e. The smallest absolute Gasteiger partial charge is 0.271 e. The number of carbonyl (C=O) groups excluding carboxylic acids is 1. The number of amidine groups is 1. The molecule has 0 fully saturated rings. The van der Waals surface area contributed by atoms with Crippen LogP contribution in [-0.4, -0.2) is 18.9 Å². The predicted molar refractivity (Wildman–Crippen MR) is 87.0 cm³/mol. The van der Waals surface area contributed by atoms with E-state index in [2.05, 4.69) is 10.5 Å². The summed E-state index contributed by atoms with van der Waals surface area (Å²) in [6, 6.07) is 14.6. The minimum absolute atomic E-state index is 0.223. The zero-order chi connectivity index (χ0) is 15.9. The number of carbonyl (C=O) groups is 1. The number of amides is 1. The molecule has 5 nitrogen and oxygen atoms in total. The molecular weight excluding hydrogens is 278 g/mol. The lowest BCUT2D eigenvalue weighted by Crippen LogP contribution is -2.24. The molecule has 0 atom stereocenters. The van der Waals surface area contributed by atoms with Crippen LogP contribution < -0.4 is 15.9 Å². The van der Waals surface area contributed by atoms with Crippen molar-refractivity contribution in [2.45, 2.75) is 13.3 Å². The van der Waals surface area contributed by atoms with Crippen molar-refractivity contribution in [3.05, 3.63) is 65.2 Å². The summed E-state index contributed by atoms with van der Waals surface area (Å²) in [5.41, 5.74) is 10.6. The minimum atomic E-state index is -0.275. The Morgan fingerprint density at radius 3 is 2.73 bits per heavy atom. The van der Waals surface area contributed by atoms with Crippen molar-refractivity contribution >= 4 is 11.7 Å². The van der Waals surface area contributed by atoms with Gasteiger partial charge in [0.1, 0.15) is 5.75 Å². The molecule has 2 rings (SSSR count). The van der Waals surface area contributed by atoms with Crippen molar-refractivity contribution in [1.82, 2.24) is 5.43 Å². The van der Waals surface area contributed by atoms with E-state index in [1.807, 2.05) is 37.3 Å². The molecule has 0 aromatic heterocycles. The SMILES string of the molecule is CCc1ccccc1C(=O)NN=C(N)c1cccc(OC)c1. The molecule has 0 spiro atoms. The highest BCUT2D eigenvalue weighted by Crippen LogP contribution is 2.12. The molecular formula is C17H19N3O2. The first-order chi connectivity index (χ1) is 10.7. The Bertz CT molecular complexity index is 696. The van der Waals surface area contributed by atoms with Gasteiger partial charge in [-0.15, -0.1) is 0 Å². The Hall–Kier alpha value is -2.82. The van der Waals surface area contributed by atoms with Gasteiger partial charge in [-0.05, 0) is 30.2 Å². The number of nitrogens with two attached hydrogens (primary N) is 1. The standard InChI is InChI=1S/C17H19N3O2/c1-3-12-7-4-5-10-15(12)17(21)20-19-16(18)13-8-6-9-14(11-13)22-2/h4-11H,3H2,1-2H3,(H2,18,19)(H,20,21). The fourth-order valence-electron chi connectivity index (χ4n) is 2.07. The van der Waals surface area contributed by atoms with Gasteiger partial charge in [-0.3, -0.25) is 4.79 Å². The fraction of sp³-hybridized carbons (Fsp3) is 0.176. The molecule has 0 aliphatic heterocycles. The van der Waals surface area contributed by atoms with Gasteiger partial charge in [-0.25, -0.2) is 5.43 Å². The number of aryl methyl sites for hydroxylation is 1. The quantitative estimate of drug-likeness (QED) is 0.505. The van der Waals surface area contributed by atoms with Crippen molar-refractivity contribution in [1.29, 1.82) is 0 Å². The number of ether oxygens (including phenoxy) is 1. The van der Waals surface area contributed by atoms with Crippen molar-refractivity contribution in [3.8, 4) is 5.75 Å². The number of benzene rings is 2. The fourth-order valence-corrected chi connectivity index (χ4v) is 2.07. The molecule has 3 N–H and O–H groups in total. The van der Waals surface area contributed by atoms with E-state index in [1.165, 1.54) is 0 Å². The zero-order valence-electron chi connectivity index (χ0n) is 12.7. The summed E-state index contributed by atoms with van der Waals surface area (Å²) in [6.45, 7) is 2.00. The molecule has 0 saturated carbocycles. The van der Waals surface area contributed by atoms with Gasteiger partial charge in [0.05, 0.1) is 7.11 Å². The summed E-state index contributed by atoms with van der Waals surface area (Å²) in [4.78, 5) is 12.2. The van der Waals surface area contributed by atoms with Crippen LogP contribution in [0, 0.1) is 0 Å². The summed E-state index contributed by atoms with van der Waals surface area (Å²) in [5.74, 6) is 0.628. The van der Waals surface area contributed by atoms with E-state index in [0.717, 1.165) is 12.0 Å². The van der Waals surface area contributed by atoms with E-state index in [1.54, 1.807) is 25.3 Å². The maximum Gasteiger partial charge on any atom is 0.271 e. The van der Waals surface area contributed by atoms with Crippen LogP contribution in [0.25, 0.3) is 0 Å². The van der Waals surface area contributed by atoms with E-state index in [0.29, 0.717) is 16.9 Å². The average Bonchev–Trinajstić information content (AvgIpc) is 2.59. The van der Waals surface area contributed by atoms with Crippen LogP contribution in [0.3, 0.4) is 0 Å². The van der Waals surface area contributed by atoms with Crippen molar-refractivity contribution in [2.24, 2.45) is 10.8 Å². The van der Waals surface area contributed by atoms with Crippen LogP contribution in [0.5, 0.6) is 5.75 Å². The lowest BCUT2D eigenvalue weighted by atomic mass is 10.1. The lowest BCUT2D eigenvalue weighted by Gasteiger charge is -2.07. The van der Waals surface area contributed by atoms with Gasteiger partial charge in [0, 0.05) is 11.1 Å². The zero-order valence-corrected chi connectivity index (χ0v) is 12.7. The number of nitrogens with zero attached hydrogens (tertiary/aromatic N) is 1. The maximum atomic E-state index is 12.2. The van der Waals surface area contributed by atoms with Crippen molar-refractivity contribution in [3.63, 3.8) is 0 Å². The normalized spacial score (nSPS) is 11.1. The second-order valence-electron chi connectivity index (χ2n) is 4.68. The molecule has 5 heteroatoms. The number of methoxy groups -OCH3 is 1. The largest absolute Gasteiger partial charge is 0.497 e. The second-order valence-corrected chi connectivity index (χ2v) is 4.68. The molecule has 114 valence electrons. The molecule has 0 aliphatic rings. The van der Waals surface area contributed by atoms with Crippen LogP contribution in [0.15, 0.2) is 53.6 Å². The van der Waals surface area contributed by atoms with Gasteiger partial charge in [-0.2, -0.15) is 5.10 Å². The van der Waals surface area contributed by atoms with E-state index in [9.17, 15) is 4.79 Å². The molecule has 1 amide bonds. The molecule has 0 unspecified atom stereocenters. The van der Waals surface area contributed by atoms with Crippen LogP contribution >= 0.6 is 0 Å². The van der Waals surface area contributed by atoms with Gasteiger partial charge in [0.2, 0.25) is 0 Å². The molecule has 22 heavy (non-hydrogen) atoms. The van der Waals surface area contributed by atoms with E-state index >= 15 is 0 Å². The Morgan fingerprint density at radius 1 is 1.23 bits per heavy atom. The highest BCUT2D eigenvalue weighted by atomic mass is 16.5. The van der Waals surface area contributed by atoms with E-state index in [-0.39, 0.29) is 11.7 Å². The Morgan fingerprint density at radius 2 is 2.00 bits per heavy atom. The highest BCUT2D eigenvalue weighted by Gasteiger charge is 2.09. The number of hydrogen-bond donors (Lipinski definition) is 2. The number of hydrazone groups is 1. The highest BCUT2D eigenvalue weighted by molar-refractivity contribution is 6.00. The third-order valence-corrected chi connectivity index (χ3v) is 3.29. The Kier molecular flexibility index (Phi) is 5.14. The third-order valence-electron chi connectivity index (χ3n) is 3.29. The molecule has 2 aromatic carbocycles. The first kappa shape index (κ1) is 15.6. The molecule has 0 radical (unpaired) electrons. The van der Waals surface area contributed by atoms with Crippen LogP contribution in [0.4, 0.5) is 0 Å². The average molecular weight is 297 g/mol. The third kappa shape index (κ3) is 3.63. The van der Waals surface area contributed by atoms with Gasteiger partial charge in [-0.1, -0.05) is 37.3 Å². The van der Waals surface area contributed by atoms with Gasteiger partial charge in [0.15, 0.2) is 5.84 Å². The predicted octanol–water partition coefficient (Wildman–Crippen LogP) is 2.31. The van der Waals surface area contributed by atoms with Gasteiger partial charge < -0.3 is 10.5 Å². The molecule has 0 heterocycles. The van der Waals surface area contributed by atoms with Crippen molar-refractivity contribution < 1.29 is 9.53 Å². The monoisotopic (exact) mass is 297 g/mol. The summed E-state index contributed by atoms with van der Waals surface area (Å²) in [6.07, 6.45) is 0.776. The van der Waals surface area contributed by atoms with Gasteiger partial charge in [0.25, 0.3) is 5.91 Å². The van der Waals surface area contributed by atoms with E-state index < -0.39 is 0 Å². The first-order valence-electron chi connectivity index (χ1n) is 7.01. The molecule has 0 saturated heterocycles. The Balaban J connectivity index is 2.14. The lowest BCUT2D eigenvalue weighted by molar-refractivity contribution is 0.0954. The summed E-state index contributed by atoms with van der Waals surface area (Å²) >= 11 is 0. The maximum absolute atomic E-state index is 12.2. The van der Waals surface area contributed by atoms with Crippen LogP contribution in [-0.2, 0) is 6.42 Å². The molecule has 2 aromatic rings. The van der Waals surface area contributed by atoms with Gasteiger partial charge >= 0.3 is 0 Å². The first-order valence-corrected chi connectivity index (χ1v) is 7.01. The molecule has 0 bridgehead atoms. The van der Waals surface area contributed by atoms with Crippen LogP contribution in [0.1, 0.15) is 28.4 Å². The Labute approximate surface area is 129 Å². The van der Waals surface area contributed by atoms with E-state index in [4.69, 9.17) is 10.5 Å². The topological polar surface area (TPSA) is 76.7 Å². The number of hydrogen-bond acceptors (Lipinski definition) is 3. The number of nitrogens with one attached hydrogen (secondary N) is 1. The summed E-state index contributed by atoms with van der Waals surface area (Å²) in [7, 11) is 1.58. The molecule has 0 aliphatic carbocycles. The number of rotatable bonds is 5. The summed E-state index contributed by atoms with van der Waals surface area (Å²) in [5, 5.41) is 3.96. The summed E-state index contributed by atoms with van der Waals surface area (Å²) < 4.78 is 5.13.